The molecule has 0 saturated carbocycles. The van der Waals surface area contributed by atoms with Crippen molar-refractivity contribution in [3.63, 3.8) is 0 Å². The molecule has 0 aliphatic carbocycles. The number of carbonyl (C=O) groups excluding carboxylic acids is 1. The quantitative estimate of drug-likeness (QED) is 0.743. The minimum atomic E-state index is 0.0240. The molecule has 1 aromatic carbocycles. The lowest BCUT2D eigenvalue weighted by Crippen LogP contribution is -2.14. The number of carbonyl (C=O) groups is 1. The molecule has 1 aliphatic rings. The number of aromatic nitrogens is 2. The Balaban J connectivity index is 1.58. The van der Waals surface area contributed by atoms with Gasteiger partial charge >= 0.3 is 0 Å². The van der Waals surface area contributed by atoms with E-state index in [1.54, 1.807) is 23.1 Å². The second kappa shape index (κ2) is 4.75. The predicted molar refractivity (Wildman–Crippen MR) is 81.7 cm³/mol. The number of imidazole rings is 1. The Morgan fingerprint density at radius 1 is 1.40 bits per heavy atom. The van der Waals surface area contributed by atoms with Crippen LogP contribution < -0.4 is 0 Å². The fourth-order valence-electron chi connectivity index (χ4n) is 2.59. The van der Waals surface area contributed by atoms with Gasteiger partial charge in [0.2, 0.25) is 0 Å². The molecule has 0 N–H and O–H groups in total. The highest BCUT2D eigenvalue weighted by Gasteiger charge is 2.29. The first-order valence-electron chi connectivity index (χ1n) is 6.47. The van der Waals surface area contributed by atoms with E-state index in [0.29, 0.717) is 6.42 Å². The third-order valence-corrected chi connectivity index (χ3v) is 5.54. The summed E-state index contributed by atoms with van der Waals surface area (Å²) in [5, 5.41) is 2.00. The van der Waals surface area contributed by atoms with Crippen molar-refractivity contribution in [2.45, 2.75) is 17.2 Å². The highest BCUT2D eigenvalue weighted by atomic mass is 32.2. The smallest absolute Gasteiger partial charge is 0.193 e. The van der Waals surface area contributed by atoms with Gasteiger partial charge in [-0.05, 0) is 11.6 Å². The fraction of sp³-hybridized carbons (Fsp3) is 0.200. The number of hydrogen-bond donors (Lipinski definition) is 0. The summed E-state index contributed by atoms with van der Waals surface area (Å²) in [5.41, 5.74) is 2.06. The summed E-state index contributed by atoms with van der Waals surface area (Å²) in [6.07, 6.45) is 4.35. The van der Waals surface area contributed by atoms with E-state index < -0.39 is 0 Å². The molecular formula is C15H12N2OS2. The summed E-state index contributed by atoms with van der Waals surface area (Å²) < 4.78 is 1.98. The second-order valence-electron chi connectivity index (χ2n) is 4.87. The first-order valence-corrected chi connectivity index (χ1v) is 8.33. The number of thiazole rings is 1. The Morgan fingerprint density at radius 2 is 2.30 bits per heavy atom. The summed E-state index contributed by atoms with van der Waals surface area (Å²) >= 11 is 3.37. The zero-order valence-corrected chi connectivity index (χ0v) is 12.3. The maximum absolute atomic E-state index is 12.5. The maximum Gasteiger partial charge on any atom is 0.193 e. The van der Waals surface area contributed by atoms with Gasteiger partial charge < -0.3 is 0 Å². The summed E-state index contributed by atoms with van der Waals surface area (Å²) in [5.74, 6) is 1.16. The minimum absolute atomic E-state index is 0.0240. The third kappa shape index (κ3) is 1.98. The summed E-state index contributed by atoms with van der Waals surface area (Å²) in [7, 11) is 0. The summed E-state index contributed by atoms with van der Waals surface area (Å²) in [6.45, 7) is 0. The highest BCUT2D eigenvalue weighted by Crippen LogP contribution is 2.40. The van der Waals surface area contributed by atoms with Gasteiger partial charge in [0.25, 0.3) is 0 Å². The van der Waals surface area contributed by atoms with Crippen molar-refractivity contribution in [1.82, 2.24) is 9.38 Å². The Kier molecular flexibility index (Phi) is 2.89. The average molecular weight is 300 g/mol. The third-order valence-electron chi connectivity index (χ3n) is 3.59. The highest BCUT2D eigenvalue weighted by molar-refractivity contribution is 7.99. The lowest BCUT2D eigenvalue weighted by atomic mass is 9.94. The minimum Gasteiger partial charge on any atom is -0.299 e. The lowest BCUT2D eigenvalue weighted by molar-refractivity contribution is -0.119. The van der Waals surface area contributed by atoms with Crippen molar-refractivity contribution in [1.29, 1.82) is 0 Å². The largest absolute Gasteiger partial charge is 0.299 e. The van der Waals surface area contributed by atoms with Crippen molar-refractivity contribution >= 4 is 33.8 Å². The first-order chi connectivity index (χ1) is 9.81. The molecule has 100 valence electrons. The molecular weight excluding hydrogens is 288 g/mol. The molecule has 3 heterocycles. The number of rotatable bonds is 3. The number of fused-ring (bicyclic) bond motifs is 2. The van der Waals surface area contributed by atoms with E-state index >= 15 is 0 Å². The Bertz CT molecular complexity index is 761. The average Bonchev–Trinajstić information content (AvgIpc) is 3.10. The molecule has 0 bridgehead atoms. The van der Waals surface area contributed by atoms with Crippen LogP contribution >= 0.6 is 23.1 Å². The van der Waals surface area contributed by atoms with Crippen LogP contribution in [0, 0.1) is 0 Å². The van der Waals surface area contributed by atoms with Gasteiger partial charge in [-0.1, -0.05) is 18.2 Å². The van der Waals surface area contributed by atoms with Crippen LogP contribution in [0.4, 0.5) is 0 Å². The molecule has 0 spiro atoms. The van der Waals surface area contributed by atoms with Crippen molar-refractivity contribution in [2.24, 2.45) is 0 Å². The van der Waals surface area contributed by atoms with E-state index in [-0.39, 0.29) is 11.7 Å². The van der Waals surface area contributed by atoms with Crippen LogP contribution in [-0.4, -0.2) is 20.9 Å². The SMILES string of the molecule is O=C(Cc1cn2ccsc2n1)C1CSc2ccccc21. The molecule has 0 saturated heterocycles. The zero-order chi connectivity index (χ0) is 13.5. The molecule has 20 heavy (non-hydrogen) atoms. The molecule has 0 radical (unpaired) electrons. The number of benzene rings is 1. The number of ketones is 1. The van der Waals surface area contributed by atoms with Gasteiger partial charge in [0.05, 0.1) is 18.0 Å². The van der Waals surface area contributed by atoms with Gasteiger partial charge in [-0.3, -0.25) is 9.20 Å². The van der Waals surface area contributed by atoms with Gasteiger partial charge in [0.1, 0.15) is 5.78 Å². The van der Waals surface area contributed by atoms with E-state index in [0.717, 1.165) is 16.4 Å². The van der Waals surface area contributed by atoms with Crippen LogP contribution in [0.5, 0.6) is 0 Å². The number of hydrogen-bond acceptors (Lipinski definition) is 4. The van der Waals surface area contributed by atoms with Crippen LogP contribution in [0.25, 0.3) is 4.96 Å². The molecule has 0 fully saturated rings. The fourth-order valence-corrected chi connectivity index (χ4v) is 4.57. The van der Waals surface area contributed by atoms with Crippen molar-refractivity contribution in [2.75, 3.05) is 5.75 Å². The topological polar surface area (TPSA) is 34.4 Å². The molecule has 0 amide bonds. The first kappa shape index (κ1) is 12.2. The van der Waals surface area contributed by atoms with Gasteiger partial charge in [0, 0.05) is 28.4 Å². The molecule has 2 aromatic heterocycles. The van der Waals surface area contributed by atoms with Crippen molar-refractivity contribution < 1.29 is 4.79 Å². The second-order valence-corrected chi connectivity index (χ2v) is 6.80. The van der Waals surface area contributed by atoms with Crippen LogP contribution in [0.1, 0.15) is 17.2 Å². The lowest BCUT2D eigenvalue weighted by Gasteiger charge is -2.08. The number of Topliss-reactive ketones (excluding diaryl/α,β-unsaturated/α-hetero) is 1. The van der Waals surface area contributed by atoms with Crippen LogP contribution in [0.15, 0.2) is 46.9 Å². The number of thioether (sulfide) groups is 1. The monoisotopic (exact) mass is 300 g/mol. The molecule has 1 aliphatic heterocycles. The molecule has 5 heteroatoms. The van der Waals surface area contributed by atoms with Crippen LogP contribution in [0.3, 0.4) is 0 Å². The Labute approximate surface area is 124 Å². The molecule has 1 atom stereocenters. The van der Waals surface area contributed by atoms with Gasteiger partial charge in [-0.25, -0.2) is 4.98 Å². The molecule has 3 aromatic rings. The van der Waals surface area contributed by atoms with E-state index in [1.165, 1.54) is 10.5 Å². The summed E-state index contributed by atoms with van der Waals surface area (Å²) in [4.78, 5) is 19.2. The van der Waals surface area contributed by atoms with Crippen molar-refractivity contribution in [3.05, 3.63) is 53.3 Å². The van der Waals surface area contributed by atoms with E-state index in [2.05, 4.69) is 17.1 Å². The predicted octanol–water partition coefficient (Wildman–Crippen LogP) is 3.40. The molecule has 3 nitrogen and oxygen atoms in total. The molecule has 4 rings (SSSR count). The normalized spacial score (nSPS) is 17.5. The van der Waals surface area contributed by atoms with Crippen LogP contribution in [0.2, 0.25) is 0 Å². The standard InChI is InChI=1S/C15H12N2OS2/c18-13(7-10-8-17-5-6-19-15(17)16-10)12-9-20-14-4-2-1-3-11(12)14/h1-6,8,12H,7,9H2. The summed E-state index contributed by atoms with van der Waals surface area (Å²) in [6, 6.07) is 8.21. The van der Waals surface area contributed by atoms with Gasteiger partial charge in [-0.15, -0.1) is 23.1 Å². The maximum atomic E-state index is 12.5. The van der Waals surface area contributed by atoms with E-state index in [4.69, 9.17) is 0 Å². The Hall–Kier alpha value is -1.59. The van der Waals surface area contributed by atoms with E-state index in [9.17, 15) is 4.79 Å². The van der Waals surface area contributed by atoms with Crippen molar-refractivity contribution in [3.8, 4) is 0 Å². The zero-order valence-electron chi connectivity index (χ0n) is 10.7. The van der Waals surface area contributed by atoms with Crippen LogP contribution in [-0.2, 0) is 11.2 Å². The number of nitrogens with zero attached hydrogens (tertiary/aromatic N) is 2. The van der Waals surface area contributed by atoms with E-state index in [1.807, 2.05) is 34.3 Å². The van der Waals surface area contributed by atoms with Gasteiger partial charge in [0.15, 0.2) is 4.96 Å². The Morgan fingerprint density at radius 3 is 3.20 bits per heavy atom. The van der Waals surface area contributed by atoms with Gasteiger partial charge in [-0.2, -0.15) is 0 Å². The molecule has 1 unspecified atom stereocenters.